The van der Waals surface area contributed by atoms with Crippen molar-refractivity contribution in [3.8, 4) is 17.6 Å². The number of ether oxygens (including phenoxy) is 2. The number of hydrogen-bond donors (Lipinski definition) is 1. The van der Waals surface area contributed by atoms with Crippen LogP contribution in [-0.2, 0) is 4.79 Å². The predicted octanol–water partition coefficient (Wildman–Crippen LogP) is 3.26. The van der Waals surface area contributed by atoms with Crippen LogP contribution >= 0.6 is 0 Å². The summed E-state index contributed by atoms with van der Waals surface area (Å²) in [6.07, 6.45) is 5.26. The molecule has 1 saturated carbocycles. The zero-order chi connectivity index (χ0) is 17.5. The monoisotopic (exact) mass is 336 g/mol. The number of nitrogens with one attached hydrogen (secondary N) is 1. The predicted molar refractivity (Wildman–Crippen MR) is 83.6 cm³/mol. The van der Waals surface area contributed by atoms with E-state index in [1.165, 1.54) is 25.3 Å². The molecule has 5 nitrogen and oxygen atoms in total. The molecule has 1 aliphatic rings. The second-order valence-corrected chi connectivity index (χ2v) is 5.41. The third-order valence-corrected chi connectivity index (χ3v) is 3.77. The van der Waals surface area contributed by atoms with Gasteiger partial charge in [-0.25, -0.2) is 0 Å². The van der Waals surface area contributed by atoms with E-state index < -0.39 is 12.5 Å². The summed E-state index contributed by atoms with van der Waals surface area (Å²) in [5.41, 5.74) is 0.305. The SMILES string of the molecule is COc1ccc(/C=C(\C#N)C(=O)NC2CCCC2)cc1OC(F)F. The zero-order valence-electron chi connectivity index (χ0n) is 13.2. The van der Waals surface area contributed by atoms with Crippen LogP contribution in [0.2, 0.25) is 0 Å². The van der Waals surface area contributed by atoms with Gasteiger partial charge in [-0.05, 0) is 36.6 Å². The van der Waals surface area contributed by atoms with Crippen LogP contribution in [0.5, 0.6) is 11.5 Å². The number of alkyl halides is 2. The normalized spacial score (nSPS) is 15.2. The van der Waals surface area contributed by atoms with E-state index in [2.05, 4.69) is 10.1 Å². The molecule has 24 heavy (non-hydrogen) atoms. The summed E-state index contributed by atoms with van der Waals surface area (Å²) >= 11 is 0. The number of nitriles is 1. The van der Waals surface area contributed by atoms with Crippen molar-refractivity contribution in [1.29, 1.82) is 5.26 Å². The third-order valence-electron chi connectivity index (χ3n) is 3.77. The number of rotatable bonds is 6. The summed E-state index contributed by atoms with van der Waals surface area (Å²) in [6.45, 7) is -3.00. The molecule has 0 spiro atoms. The van der Waals surface area contributed by atoms with E-state index >= 15 is 0 Å². The number of halogens is 2. The van der Waals surface area contributed by atoms with E-state index in [4.69, 9.17) is 4.74 Å². The fraction of sp³-hybridized carbons (Fsp3) is 0.412. The molecule has 128 valence electrons. The van der Waals surface area contributed by atoms with Crippen LogP contribution in [0, 0.1) is 11.3 Å². The van der Waals surface area contributed by atoms with Crippen molar-refractivity contribution in [1.82, 2.24) is 5.32 Å². The van der Waals surface area contributed by atoms with Crippen LogP contribution in [-0.4, -0.2) is 25.7 Å². The Labute approximate surface area is 138 Å². The van der Waals surface area contributed by atoms with Gasteiger partial charge in [0.1, 0.15) is 11.6 Å². The topological polar surface area (TPSA) is 71.3 Å². The number of amides is 1. The maximum Gasteiger partial charge on any atom is 0.387 e. The minimum atomic E-state index is -3.00. The van der Waals surface area contributed by atoms with Crippen LogP contribution in [0.15, 0.2) is 23.8 Å². The van der Waals surface area contributed by atoms with E-state index in [0.717, 1.165) is 25.7 Å². The first-order valence-corrected chi connectivity index (χ1v) is 7.59. The molecule has 0 atom stereocenters. The summed E-state index contributed by atoms with van der Waals surface area (Å²) in [5, 5.41) is 12.0. The minimum absolute atomic E-state index is 0.0860. The van der Waals surface area contributed by atoms with Gasteiger partial charge in [-0.2, -0.15) is 14.0 Å². The molecule has 0 unspecified atom stereocenters. The van der Waals surface area contributed by atoms with Crippen molar-refractivity contribution in [3.63, 3.8) is 0 Å². The van der Waals surface area contributed by atoms with Crippen molar-refractivity contribution in [3.05, 3.63) is 29.3 Å². The maximum atomic E-state index is 12.4. The second-order valence-electron chi connectivity index (χ2n) is 5.41. The van der Waals surface area contributed by atoms with Gasteiger partial charge in [0, 0.05) is 6.04 Å². The summed E-state index contributed by atoms with van der Waals surface area (Å²) in [5.74, 6) is -0.479. The van der Waals surface area contributed by atoms with Gasteiger partial charge in [0.2, 0.25) is 0 Å². The van der Waals surface area contributed by atoms with Gasteiger partial charge >= 0.3 is 6.61 Å². The zero-order valence-corrected chi connectivity index (χ0v) is 13.2. The molecule has 1 N–H and O–H groups in total. The fourth-order valence-corrected chi connectivity index (χ4v) is 2.62. The van der Waals surface area contributed by atoms with Crippen molar-refractivity contribution in [2.45, 2.75) is 38.3 Å². The smallest absolute Gasteiger partial charge is 0.387 e. The molecule has 0 aromatic heterocycles. The van der Waals surface area contributed by atoms with Crippen LogP contribution in [0.25, 0.3) is 6.08 Å². The maximum absolute atomic E-state index is 12.4. The molecule has 0 heterocycles. The number of carbonyl (C=O) groups is 1. The van der Waals surface area contributed by atoms with Gasteiger partial charge in [-0.15, -0.1) is 0 Å². The number of hydrogen-bond acceptors (Lipinski definition) is 4. The lowest BCUT2D eigenvalue weighted by Crippen LogP contribution is -2.33. The number of carbonyl (C=O) groups excluding carboxylic acids is 1. The first-order valence-electron chi connectivity index (χ1n) is 7.59. The lowest BCUT2D eigenvalue weighted by molar-refractivity contribution is -0.117. The van der Waals surface area contributed by atoms with E-state index in [-0.39, 0.29) is 23.1 Å². The van der Waals surface area contributed by atoms with Crippen LogP contribution < -0.4 is 14.8 Å². The number of benzene rings is 1. The number of nitrogens with zero attached hydrogens (tertiary/aromatic N) is 1. The first kappa shape index (κ1) is 17.7. The van der Waals surface area contributed by atoms with E-state index in [1.807, 2.05) is 6.07 Å². The summed E-state index contributed by atoms with van der Waals surface area (Å²) < 4.78 is 34.2. The molecule has 0 radical (unpaired) electrons. The molecule has 2 rings (SSSR count). The Balaban J connectivity index is 2.20. The van der Waals surface area contributed by atoms with Crippen molar-refractivity contribution in [2.75, 3.05) is 7.11 Å². The highest BCUT2D eigenvalue weighted by Crippen LogP contribution is 2.30. The lowest BCUT2D eigenvalue weighted by atomic mass is 10.1. The minimum Gasteiger partial charge on any atom is -0.493 e. The van der Waals surface area contributed by atoms with Gasteiger partial charge in [-0.3, -0.25) is 4.79 Å². The average Bonchev–Trinajstić information content (AvgIpc) is 3.05. The molecule has 7 heteroatoms. The molecule has 1 fully saturated rings. The molecule has 0 saturated heterocycles. The summed E-state index contributed by atoms with van der Waals surface area (Å²) in [7, 11) is 1.33. The van der Waals surface area contributed by atoms with E-state index in [9.17, 15) is 18.8 Å². The summed E-state index contributed by atoms with van der Waals surface area (Å²) in [4.78, 5) is 12.1. The highest BCUT2D eigenvalue weighted by Gasteiger charge is 2.19. The quantitative estimate of drug-likeness (QED) is 0.639. The number of methoxy groups -OCH3 is 1. The lowest BCUT2D eigenvalue weighted by Gasteiger charge is -2.12. The largest absolute Gasteiger partial charge is 0.493 e. The Morgan fingerprint density at radius 1 is 1.38 bits per heavy atom. The third kappa shape index (κ3) is 4.69. The van der Waals surface area contributed by atoms with E-state index in [1.54, 1.807) is 6.07 Å². The molecular weight excluding hydrogens is 318 g/mol. The summed E-state index contributed by atoms with van der Waals surface area (Å²) in [6, 6.07) is 6.22. The van der Waals surface area contributed by atoms with E-state index in [0.29, 0.717) is 5.56 Å². The first-order chi connectivity index (χ1) is 11.5. The molecule has 1 aromatic carbocycles. The second kappa shape index (κ2) is 8.29. The van der Waals surface area contributed by atoms with Gasteiger partial charge in [0.25, 0.3) is 5.91 Å². The Hall–Kier alpha value is -2.62. The fourth-order valence-electron chi connectivity index (χ4n) is 2.62. The molecule has 1 amide bonds. The molecular formula is C17H18F2N2O3. The van der Waals surface area contributed by atoms with Gasteiger partial charge in [0.05, 0.1) is 7.11 Å². The standard InChI is InChI=1S/C17H18F2N2O3/c1-23-14-7-6-11(9-15(14)24-17(18)19)8-12(10-20)16(22)21-13-4-2-3-5-13/h6-9,13,17H,2-5H2,1H3,(H,21,22)/b12-8+. The Kier molecular flexibility index (Phi) is 6.13. The Morgan fingerprint density at radius 3 is 2.67 bits per heavy atom. The average molecular weight is 336 g/mol. The van der Waals surface area contributed by atoms with Gasteiger partial charge in [0.15, 0.2) is 11.5 Å². The molecule has 1 aliphatic carbocycles. The van der Waals surface area contributed by atoms with Crippen LogP contribution in [0.3, 0.4) is 0 Å². The van der Waals surface area contributed by atoms with Gasteiger partial charge in [-0.1, -0.05) is 18.9 Å². The van der Waals surface area contributed by atoms with Crippen molar-refractivity contribution in [2.24, 2.45) is 0 Å². The van der Waals surface area contributed by atoms with Crippen molar-refractivity contribution < 1.29 is 23.0 Å². The van der Waals surface area contributed by atoms with Crippen molar-refractivity contribution >= 4 is 12.0 Å². The molecule has 1 aromatic rings. The van der Waals surface area contributed by atoms with Crippen LogP contribution in [0.4, 0.5) is 8.78 Å². The highest BCUT2D eigenvalue weighted by molar-refractivity contribution is 6.01. The van der Waals surface area contributed by atoms with Gasteiger partial charge < -0.3 is 14.8 Å². The highest BCUT2D eigenvalue weighted by atomic mass is 19.3. The molecule has 0 aliphatic heterocycles. The van der Waals surface area contributed by atoms with Crippen LogP contribution in [0.1, 0.15) is 31.2 Å². The Morgan fingerprint density at radius 2 is 2.08 bits per heavy atom. The molecule has 0 bridgehead atoms. The Bertz CT molecular complexity index is 662.